The Hall–Kier alpha value is -1.73. The quantitative estimate of drug-likeness (QED) is 0.552. The lowest BCUT2D eigenvalue weighted by Crippen LogP contribution is -1.86. The van der Waals surface area contributed by atoms with E-state index < -0.39 is 5.24 Å². The average molecular weight is 214 g/mol. The maximum absolute atomic E-state index is 10.5. The molecule has 0 fully saturated rings. The number of carbonyl (C=O) groups is 1. The van der Waals surface area contributed by atoms with Crippen molar-refractivity contribution < 1.29 is 15.0 Å². The number of phenols is 2. The summed E-state index contributed by atoms with van der Waals surface area (Å²) in [6.45, 7) is 1.43. The largest absolute Gasteiger partial charge is 0.504 e. The second kappa shape index (κ2) is 5.84. The number of aromatic hydroxyl groups is 2. The number of benzene rings is 1. The van der Waals surface area contributed by atoms with Crippen LogP contribution in [0, 0.1) is 11.3 Å². The number of phenolic OH excluding ortho intramolecular Hbond substituents is 2. The van der Waals surface area contributed by atoms with Crippen molar-refractivity contribution in [2.45, 2.75) is 6.92 Å². The van der Waals surface area contributed by atoms with Crippen molar-refractivity contribution in [1.82, 2.24) is 0 Å². The molecule has 5 heteroatoms. The fourth-order valence-electron chi connectivity index (χ4n) is 0.646. The van der Waals surface area contributed by atoms with Crippen LogP contribution in [-0.2, 0) is 0 Å². The number of carbonyl (C=O) groups excluding carboxylic acids is 1. The lowest BCUT2D eigenvalue weighted by atomic mass is 10.2. The van der Waals surface area contributed by atoms with Crippen LogP contribution in [0.4, 0.5) is 0 Å². The Balaban J connectivity index is 0.000000500. The normalized spacial score (nSPS) is 8.07. The molecule has 0 saturated carbocycles. The van der Waals surface area contributed by atoms with Gasteiger partial charge in [-0.05, 0) is 29.8 Å². The van der Waals surface area contributed by atoms with Gasteiger partial charge in [0.05, 0.1) is 6.07 Å². The van der Waals surface area contributed by atoms with E-state index in [1.807, 2.05) is 0 Å². The summed E-state index contributed by atoms with van der Waals surface area (Å²) >= 11 is 5.10. The minimum atomic E-state index is -0.666. The van der Waals surface area contributed by atoms with Gasteiger partial charge in [-0.1, -0.05) is 0 Å². The van der Waals surface area contributed by atoms with Crippen molar-refractivity contribution in [2.75, 3.05) is 0 Å². The van der Waals surface area contributed by atoms with Crippen LogP contribution in [0.1, 0.15) is 17.3 Å². The standard InChI is InChI=1S/C7H5ClO3.C2H3N/c8-7(11)4-1-2-5(9)6(10)3-4;1-2-3/h1-3,9-10H;1H3. The van der Waals surface area contributed by atoms with Gasteiger partial charge in [0, 0.05) is 12.5 Å². The Morgan fingerprint density at radius 2 is 1.93 bits per heavy atom. The highest BCUT2D eigenvalue weighted by Gasteiger charge is 2.04. The number of rotatable bonds is 1. The molecule has 74 valence electrons. The van der Waals surface area contributed by atoms with E-state index in [2.05, 4.69) is 0 Å². The molecule has 0 saturated heterocycles. The van der Waals surface area contributed by atoms with E-state index in [1.54, 1.807) is 6.07 Å². The number of nitrogens with zero attached hydrogens (tertiary/aromatic N) is 1. The molecular weight excluding hydrogens is 206 g/mol. The molecule has 2 N–H and O–H groups in total. The molecule has 0 radical (unpaired) electrons. The molecule has 0 aliphatic rings. The average Bonchev–Trinajstić information content (AvgIpc) is 2.10. The van der Waals surface area contributed by atoms with E-state index in [0.29, 0.717) is 0 Å². The first-order chi connectivity index (χ1) is 6.52. The summed E-state index contributed by atoms with van der Waals surface area (Å²) < 4.78 is 0. The van der Waals surface area contributed by atoms with Crippen molar-refractivity contribution >= 4 is 16.8 Å². The van der Waals surface area contributed by atoms with E-state index in [9.17, 15) is 4.79 Å². The van der Waals surface area contributed by atoms with E-state index in [4.69, 9.17) is 27.1 Å². The van der Waals surface area contributed by atoms with Gasteiger partial charge in [0.15, 0.2) is 11.5 Å². The SMILES string of the molecule is CC#N.O=C(Cl)c1ccc(O)c(O)c1. The number of hydrogen-bond acceptors (Lipinski definition) is 4. The van der Waals surface area contributed by atoms with Gasteiger partial charge in [0.1, 0.15) is 0 Å². The third-order valence-electron chi connectivity index (χ3n) is 1.20. The van der Waals surface area contributed by atoms with Gasteiger partial charge >= 0.3 is 0 Å². The van der Waals surface area contributed by atoms with Crippen molar-refractivity contribution in [3.05, 3.63) is 23.8 Å². The molecule has 0 amide bonds. The fraction of sp³-hybridized carbons (Fsp3) is 0.111. The lowest BCUT2D eigenvalue weighted by Gasteiger charge is -1.97. The van der Waals surface area contributed by atoms with Crippen molar-refractivity contribution in [1.29, 1.82) is 5.26 Å². The van der Waals surface area contributed by atoms with Crippen LogP contribution in [0.2, 0.25) is 0 Å². The monoisotopic (exact) mass is 213 g/mol. The molecule has 0 bridgehead atoms. The molecule has 0 heterocycles. The van der Waals surface area contributed by atoms with Gasteiger partial charge in [-0.25, -0.2) is 0 Å². The second-order valence-electron chi connectivity index (χ2n) is 2.20. The number of hydrogen-bond donors (Lipinski definition) is 2. The molecule has 0 aliphatic heterocycles. The van der Waals surface area contributed by atoms with Gasteiger partial charge in [-0.3, -0.25) is 4.79 Å². The molecular formula is C9H8ClNO3. The minimum absolute atomic E-state index is 0.155. The summed E-state index contributed by atoms with van der Waals surface area (Å²) in [7, 11) is 0. The zero-order valence-electron chi connectivity index (χ0n) is 7.36. The summed E-state index contributed by atoms with van der Waals surface area (Å²) in [5, 5.41) is 24.4. The highest BCUT2D eigenvalue weighted by Crippen LogP contribution is 2.25. The zero-order chi connectivity index (χ0) is 11.1. The molecule has 1 aromatic carbocycles. The second-order valence-corrected chi connectivity index (χ2v) is 2.54. The number of nitriles is 1. The molecule has 0 spiro atoms. The van der Waals surface area contributed by atoms with Crippen molar-refractivity contribution in [3.63, 3.8) is 0 Å². The molecule has 1 aromatic rings. The Morgan fingerprint density at radius 3 is 2.29 bits per heavy atom. The summed E-state index contributed by atoms with van der Waals surface area (Å²) in [5.41, 5.74) is 0.155. The summed E-state index contributed by atoms with van der Waals surface area (Å²) in [6.07, 6.45) is 0. The Kier molecular flexibility index (Phi) is 5.12. The first-order valence-corrected chi connectivity index (χ1v) is 3.93. The van der Waals surface area contributed by atoms with Crippen molar-refractivity contribution in [3.8, 4) is 17.6 Å². The molecule has 1 rings (SSSR count). The minimum Gasteiger partial charge on any atom is -0.504 e. The third-order valence-corrected chi connectivity index (χ3v) is 1.42. The summed E-state index contributed by atoms with van der Waals surface area (Å²) in [6, 6.07) is 5.38. The molecule has 4 nitrogen and oxygen atoms in total. The highest BCUT2D eigenvalue weighted by atomic mass is 35.5. The fourth-order valence-corrected chi connectivity index (χ4v) is 0.763. The molecule has 14 heavy (non-hydrogen) atoms. The Bertz CT molecular complexity index is 371. The predicted molar refractivity (Wildman–Crippen MR) is 51.2 cm³/mol. The maximum Gasteiger partial charge on any atom is 0.252 e. The van der Waals surface area contributed by atoms with Gasteiger partial charge in [0.2, 0.25) is 0 Å². The maximum atomic E-state index is 10.5. The van der Waals surface area contributed by atoms with Crippen LogP contribution in [0.5, 0.6) is 11.5 Å². The first-order valence-electron chi connectivity index (χ1n) is 3.55. The van der Waals surface area contributed by atoms with Crippen LogP contribution in [0.15, 0.2) is 18.2 Å². The number of halogens is 1. The van der Waals surface area contributed by atoms with Gasteiger partial charge < -0.3 is 10.2 Å². The highest BCUT2D eigenvalue weighted by molar-refractivity contribution is 6.67. The third kappa shape index (κ3) is 3.78. The Labute approximate surface area is 86.0 Å². The lowest BCUT2D eigenvalue weighted by molar-refractivity contribution is 0.108. The summed E-state index contributed by atoms with van der Waals surface area (Å²) in [5.74, 6) is -0.622. The molecule has 0 aromatic heterocycles. The predicted octanol–water partition coefficient (Wildman–Crippen LogP) is 2.01. The van der Waals surface area contributed by atoms with E-state index in [1.165, 1.54) is 19.1 Å². The van der Waals surface area contributed by atoms with Crippen molar-refractivity contribution in [2.24, 2.45) is 0 Å². The Morgan fingerprint density at radius 1 is 1.43 bits per heavy atom. The van der Waals surface area contributed by atoms with E-state index in [-0.39, 0.29) is 17.1 Å². The van der Waals surface area contributed by atoms with Crippen LogP contribution in [0.3, 0.4) is 0 Å². The molecule has 0 unspecified atom stereocenters. The van der Waals surface area contributed by atoms with E-state index >= 15 is 0 Å². The first kappa shape index (κ1) is 12.3. The van der Waals surface area contributed by atoms with E-state index in [0.717, 1.165) is 6.07 Å². The van der Waals surface area contributed by atoms with Crippen LogP contribution < -0.4 is 0 Å². The molecule has 0 atom stereocenters. The smallest absolute Gasteiger partial charge is 0.252 e. The van der Waals surface area contributed by atoms with Gasteiger partial charge in [-0.15, -0.1) is 0 Å². The van der Waals surface area contributed by atoms with Gasteiger partial charge in [0.25, 0.3) is 5.24 Å². The zero-order valence-corrected chi connectivity index (χ0v) is 8.12. The molecule has 0 aliphatic carbocycles. The van der Waals surface area contributed by atoms with Crippen LogP contribution >= 0.6 is 11.6 Å². The summed E-state index contributed by atoms with van der Waals surface area (Å²) in [4.78, 5) is 10.5. The van der Waals surface area contributed by atoms with Crippen LogP contribution in [0.25, 0.3) is 0 Å². The topological polar surface area (TPSA) is 81.3 Å². The van der Waals surface area contributed by atoms with Crippen LogP contribution in [-0.4, -0.2) is 15.5 Å². The van der Waals surface area contributed by atoms with Gasteiger partial charge in [-0.2, -0.15) is 5.26 Å².